The molecule has 37 heavy (non-hydrogen) atoms. The number of ketones is 1. The van der Waals surface area contributed by atoms with E-state index >= 15 is 0 Å². The topological polar surface area (TPSA) is 139 Å². The molecule has 0 amide bonds. The van der Waals surface area contributed by atoms with Gasteiger partial charge in [0.1, 0.15) is 17.5 Å². The summed E-state index contributed by atoms with van der Waals surface area (Å²) in [5.74, 6) is -3.41. The maximum atomic E-state index is 14.4. The van der Waals surface area contributed by atoms with Crippen LogP contribution in [-0.2, 0) is 38.1 Å². The zero-order valence-corrected chi connectivity index (χ0v) is 21.6. The van der Waals surface area contributed by atoms with E-state index in [0.717, 1.165) is 0 Å². The van der Waals surface area contributed by atoms with E-state index in [0.29, 0.717) is 18.4 Å². The molecule has 1 aromatic heterocycles. The first-order valence-corrected chi connectivity index (χ1v) is 12.7. The lowest BCUT2D eigenvalue weighted by Crippen LogP contribution is -2.64. The van der Waals surface area contributed by atoms with E-state index in [1.807, 2.05) is 6.92 Å². The minimum atomic E-state index is -1.35. The normalized spacial score (nSPS) is 45.9. The van der Waals surface area contributed by atoms with Crippen molar-refractivity contribution in [2.75, 3.05) is 7.11 Å². The van der Waals surface area contributed by atoms with Gasteiger partial charge >= 0.3 is 17.9 Å². The quantitative estimate of drug-likeness (QED) is 0.468. The summed E-state index contributed by atoms with van der Waals surface area (Å²) in [7, 11) is 1.26. The Kier molecular flexibility index (Phi) is 4.81. The summed E-state index contributed by atoms with van der Waals surface area (Å²) in [6, 6.07) is 1.66. The third kappa shape index (κ3) is 2.58. The molecule has 1 N–H and O–H groups in total. The Labute approximate surface area is 213 Å². The molecule has 2 saturated carbocycles. The van der Waals surface area contributed by atoms with E-state index in [1.165, 1.54) is 19.6 Å². The molecule has 3 aliphatic heterocycles. The van der Waals surface area contributed by atoms with Crippen molar-refractivity contribution in [2.45, 2.75) is 82.9 Å². The van der Waals surface area contributed by atoms with Crippen LogP contribution < -0.4 is 0 Å². The molecule has 9 atom stereocenters. The number of hydrogen-bond acceptors (Lipinski definition) is 10. The number of esters is 3. The number of rotatable bonds is 4. The molecule has 0 radical (unpaired) electrons. The van der Waals surface area contributed by atoms with Crippen molar-refractivity contribution in [3.63, 3.8) is 0 Å². The number of aliphatic hydroxyl groups excluding tert-OH is 1. The van der Waals surface area contributed by atoms with Crippen molar-refractivity contribution in [2.24, 2.45) is 28.1 Å². The van der Waals surface area contributed by atoms with Crippen molar-refractivity contribution < 1.29 is 47.6 Å². The van der Waals surface area contributed by atoms with Crippen LogP contribution in [0.2, 0.25) is 0 Å². The molecule has 0 aromatic carbocycles. The Hall–Kier alpha value is -2.72. The summed E-state index contributed by atoms with van der Waals surface area (Å²) in [6.45, 7) is 7.07. The number of ether oxygens (including phenoxy) is 4. The second-order valence-corrected chi connectivity index (χ2v) is 12.3. The molecule has 10 nitrogen and oxygen atoms in total. The Balaban J connectivity index is 1.51. The molecule has 5 fully saturated rings. The molecule has 5 aliphatic rings. The lowest BCUT2D eigenvalue weighted by atomic mass is 9.49. The van der Waals surface area contributed by atoms with Gasteiger partial charge in [0.25, 0.3) is 0 Å². The van der Waals surface area contributed by atoms with Crippen LogP contribution in [0.5, 0.6) is 0 Å². The van der Waals surface area contributed by atoms with Crippen molar-refractivity contribution in [1.29, 1.82) is 0 Å². The molecule has 6 rings (SSSR count). The van der Waals surface area contributed by atoms with Gasteiger partial charge in [0.2, 0.25) is 0 Å². The number of hydrogen-bond donors (Lipinski definition) is 1. The molecule has 10 heteroatoms. The van der Waals surface area contributed by atoms with E-state index in [1.54, 1.807) is 26.8 Å². The van der Waals surface area contributed by atoms with Gasteiger partial charge in [-0.25, -0.2) is 0 Å². The van der Waals surface area contributed by atoms with Crippen LogP contribution in [-0.4, -0.2) is 59.3 Å². The summed E-state index contributed by atoms with van der Waals surface area (Å²) in [4.78, 5) is 53.1. The summed E-state index contributed by atoms with van der Waals surface area (Å²) >= 11 is 0. The molecular weight excluding hydrogens is 484 g/mol. The predicted molar refractivity (Wildman–Crippen MR) is 122 cm³/mol. The first kappa shape index (κ1) is 24.6. The molecule has 1 aromatic rings. The zero-order valence-electron chi connectivity index (χ0n) is 21.6. The highest BCUT2D eigenvalue weighted by Crippen LogP contribution is 2.76. The summed E-state index contributed by atoms with van der Waals surface area (Å²) in [5.41, 5.74) is -5.59. The molecule has 0 unspecified atom stereocenters. The number of methoxy groups -OCH3 is 1. The van der Waals surface area contributed by atoms with Crippen molar-refractivity contribution in [3.05, 3.63) is 24.2 Å². The Morgan fingerprint density at radius 3 is 2.57 bits per heavy atom. The van der Waals surface area contributed by atoms with Gasteiger partial charge in [-0.05, 0) is 25.8 Å². The highest BCUT2D eigenvalue weighted by Gasteiger charge is 2.88. The highest BCUT2D eigenvalue weighted by molar-refractivity contribution is 5.96. The maximum absolute atomic E-state index is 14.4. The SMILES string of the molecule is COC(=O)C[C@@H]1OC(=O)[C@@]2(C)[C@H]3O[C@@]45CC(=O)O[C@@]4(CC[C@@]5(C)[C@@H](O)c4ccoc4)[C@H]3C(=O)C(C)(C)[C@H]12. The van der Waals surface area contributed by atoms with E-state index in [9.17, 15) is 24.3 Å². The minimum absolute atomic E-state index is 0.152. The van der Waals surface area contributed by atoms with Crippen LogP contribution in [0.25, 0.3) is 0 Å². The largest absolute Gasteiger partial charge is 0.472 e. The second kappa shape index (κ2) is 7.22. The number of carbonyl (C=O) groups excluding carboxylic acids is 4. The molecule has 3 saturated heterocycles. The Morgan fingerprint density at radius 2 is 1.92 bits per heavy atom. The average molecular weight is 517 g/mol. The molecule has 200 valence electrons. The number of aliphatic hydroxyl groups is 1. The first-order chi connectivity index (χ1) is 17.3. The average Bonchev–Trinajstić information content (AvgIpc) is 3.60. The van der Waals surface area contributed by atoms with Gasteiger partial charge in [0.05, 0.1) is 56.0 Å². The van der Waals surface area contributed by atoms with Gasteiger partial charge < -0.3 is 28.5 Å². The molecule has 2 aliphatic carbocycles. The van der Waals surface area contributed by atoms with Gasteiger partial charge in [-0.1, -0.05) is 20.8 Å². The van der Waals surface area contributed by atoms with Crippen LogP contribution >= 0.6 is 0 Å². The van der Waals surface area contributed by atoms with Crippen LogP contribution in [0, 0.1) is 28.1 Å². The number of cyclic esters (lactones) is 1. The molecular formula is C27H32O10. The van der Waals surface area contributed by atoms with E-state index in [2.05, 4.69) is 0 Å². The van der Waals surface area contributed by atoms with Gasteiger partial charge in [-0.3, -0.25) is 19.2 Å². The van der Waals surface area contributed by atoms with Crippen LogP contribution in [0.15, 0.2) is 23.0 Å². The van der Waals surface area contributed by atoms with Crippen LogP contribution in [0.1, 0.15) is 65.0 Å². The second-order valence-electron chi connectivity index (χ2n) is 12.3. The number of fused-ring (bicyclic) bond motifs is 3. The van der Waals surface area contributed by atoms with E-state index < -0.39 is 75.5 Å². The number of carbonyl (C=O) groups is 4. The fraction of sp³-hybridized carbons (Fsp3) is 0.704. The van der Waals surface area contributed by atoms with Gasteiger partial charge in [0, 0.05) is 22.3 Å². The lowest BCUT2D eigenvalue weighted by Gasteiger charge is -2.51. The van der Waals surface area contributed by atoms with E-state index in [4.69, 9.17) is 23.4 Å². The fourth-order valence-electron chi connectivity index (χ4n) is 8.82. The maximum Gasteiger partial charge on any atom is 0.315 e. The summed E-state index contributed by atoms with van der Waals surface area (Å²) < 4.78 is 28.7. The molecule has 4 heterocycles. The lowest BCUT2D eigenvalue weighted by molar-refractivity contribution is -0.199. The van der Waals surface area contributed by atoms with Gasteiger partial charge in [-0.15, -0.1) is 0 Å². The molecule has 0 spiro atoms. The number of furan rings is 1. The van der Waals surface area contributed by atoms with Gasteiger partial charge in [-0.2, -0.15) is 0 Å². The van der Waals surface area contributed by atoms with Gasteiger partial charge in [0.15, 0.2) is 5.60 Å². The van der Waals surface area contributed by atoms with E-state index in [-0.39, 0.29) is 18.6 Å². The van der Waals surface area contributed by atoms with Crippen molar-refractivity contribution >= 4 is 23.7 Å². The third-order valence-electron chi connectivity index (χ3n) is 10.5. The molecule has 0 bridgehead atoms. The van der Waals surface area contributed by atoms with Crippen molar-refractivity contribution in [3.8, 4) is 0 Å². The standard InChI is InChI=1S/C27H32O10/c1-23(2)18-14(10-15(28)33-5)35-22(32)25(18,4)21-17(20(23)31)26-8-7-24(3,19(30)13-6-9-34-12-13)27(26,37-21)11-16(29)36-26/h6,9,12,14,17-19,21,30H,7-8,10-11H2,1-5H3/t14-,17-,18-,19-,21-,24-,25+,26-,27+/m0/s1. The number of Topliss-reactive ketones (excluding diaryl/α,β-unsaturated/α-hetero) is 1. The summed E-state index contributed by atoms with van der Waals surface area (Å²) in [6.07, 6.45) is 0.404. The predicted octanol–water partition coefficient (Wildman–Crippen LogP) is 2.27. The first-order valence-electron chi connectivity index (χ1n) is 12.7. The van der Waals surface area contributed by atoms with Crippen LogP contribution in [0.4, 0.5) is 0 Å². The minimum Gasteiger partial charge on any atom is -0.472 e. The summed E-state index contributed by atoms with van der Waals surface area (Å²) in [5, 5.41) is 11.6. The zero-order chi connectivity index (χ0) is 26.8. The fourth-order valence-corrected chi connectivity index (χ4v) is 8.82. The highest BCUT2D eigenvalue weighted by atomic mass is 16.6. The third-order valence-corrected chi connectivity index (χ3v) is 10.5. The Morgan fingerprint density at radius 1 is 1.19 bits per heavy atom. The smallest absolute Gasteiger partial charge is 0.315 e. The van der Waals surface area contributed by atoms with Crippen LogP contribution in [0.3, 0.4) is 0 Å². The Bertz CT molecular complexity index is 1200. The monoisotopic (exact) mass is 516 g/mol. The van der Waals surface area contributed by atoms with Crippen molar-refractivity contribution in [1.82, 2.24) is 0 Å².